The lowest BCUT2D eigenvalue weighted by atomic mass is 11.6. The molecule has 17 heavy (non-hydrogen) atoms. The predicted molar refractivity (Wildman–Crippen MR) is 49.0 cm³/mol. The van der Waals surface area contributed by atoms with Gasteiger partial charge in [0.15, 0.2) is 0 Å². The summed E-state index contributed by atoms with van der Waals surface area (Å²) in [6, 6.07) is 0. The second kappa shape index (κ2) is 6.34. The third-order valence-corrected chi connectivity index (χ3v) is 1.85. The van der Waals surface area contributed by atoms with Crippen molar-refractivity contribution in [3.63, 3.8) is 0 Å². The van der Waals surface area contributed by atoms with Gasteiger partial charge in [0, 0.05) is 0 Å². The van der Waals surface area contributed by atoms with Crippen molar-refractivity contribution in [2.24, 2.45) is 0 Å². The van der Waals surface area contributed by atoms with Gasteiger partial charge in [-0.25, -0.2) is 9.36 Å². The summed E-state index contributed by atoms with van der Waals surface area (Å²) in [5.74, 6) is 0. The van der Waals surface area contributed by atoms with Crippen LogP contribution in [0, 0.1) is 0 Å². The zero-order valence-corrected chi connectivity index (χ0v) is 9.98. The van der Waals surface area contributed by atoms with Crippen LogP contribution in [0.25, 0.3) is 0 Å². The fourth-order valence-corrected chi connectivity index (χ4v) is 1.10. The normalized spacial score (nSPS) is 12.5. The standard InChI is InChI=1S/CH4N2O7S2.H3O4P/c4-1(5)11(6,7)2-3-12(8,9)10;1-5(2,3)4/h2-3H,(H,4,5)(H,8,9,10);(H3,1,2,3,4). The van der Waals surface area contributed by atoms with Gasteiger partial charge in [-0.1, -0.05) is 0 Å². The number of carboxylic acid groups (broad SMARTS) is 1. The van der Waals surface area contributed by atoms with Gasteiger partial charge in [-0.05, 0) is 0 Å². The minimum atomic E-state index is -4.81. The highest BCUT2D eigenvalue weighted by molar-refractivity contribution is 8.04. The SMILES string of the molecule is O=C(O)S(=O)(=O)NNS(=O)(=O)O.O=P(O)(O)O. The van der Waals surface area contributed by atoms with Crippen LogP contribution in [0.2, 0.25) is 0 Å². The van der Waals surface area contributed by atoms with Gasteiger partial charge in [0.1, 0.15) is 0 Å². The van der Waals surface area contributed by atoms with E-state index in [9.17, 15) is 21.6 Å². The van der Waals surface area contributed by atoms with Gasteiger partial charge in [0.2, 0.25) is 0 Å². The molecule has 0 saturated heterocycles. The average molecular weight is 318 g/mol. The number of phosphoric acid groups is 1. The molecule has 104 valence electrons. The first-order chi connectivity index (χ1) is 7.15. The van der Waals surface area contributed by atoms with E-state index in [1.165, 1.54) is 0 Å². The van der Waals surface area contributed by atoms with Crippen molar-refractivity contribution in [2.45, 2.75) is 0 Å². The maximum Gasteiger partial charge on any atom is 0.466 e. The van der Waals surface area contributed by atoms with Gasteiger partial charge in [-0.3, -0.25) is 4.55 Å². The summed E-state index contributed by atoms with van der Waals surface area (Å²) in [5, 5.41) is 5.59. The number of hydrogen-bond acceptors (Lipinski definition) is 6. The number of rotatable bonds is 3. The molecule has 16 heteroatoms. The first-order valence-corrected chi connectivity index (χ1v) is 7.41. The molecular weight excluding hydrogens is 311 g/mol. The minimum Gasteiger partial charge on any atom is -0.469 e. The van der Waals surface area contributed by atoms with Crippen molar-refractivity contribution in [2.75, 3.05) is 0 Å². The molecule has 0 bridgehead atoms. The van der Waals surface area contributed by atoms with E-state index >= 15 is 0 Å². The van der Waals surface area contributed by atoms with Crippen LogP contribution in [0.5, 0.6) is 0 Å². The van der Waals surface area contributed by atoms with E-state index in [0.717, 1.165) is 9.66 Å². The molecule has 0 atom stereocenters. The summed E-state index contributed by atoms with van der Waals surface area (Å²) in [5.41, 5.74) is 0. The number of carbonyl (C=O) groups is 1. The maximum atomic E-state index is 10.2. The highest BCUT2D eigenvalue weighted by atomic mass is 32.2. The molecule has 0 aromatic heterocycles. The zero-order valence-electron chi connectivity index (χ0n) is 7.45. The molecule has 0 fully saturated rings. The Morgan fingerprint density at radius 1 is 1.00 bits per heavy atom. The molecule has 0 spiro atoms. The lowest BCUT2D eigenvalue weighted by molar-refractivity contribution is 0.218. The molecule has 0 aromatic rings. The molecule has 0 rings (SSSR count). The molecule has 7 N–H and O–H groups in total. The van der Waals surface area contributed by atoms with Gasteiger partial charge in [0.05, 0.1) is 0 Å². The summed E-state index contributed by atoms with van der Waals surface area (Å²) in [7, 11) is -14.2. The molecule has 0 saturated carbocycles. The number of sulfonamides is 1. The molecule has 0 amide bonds. The van der Waals surface area contributed by atoms with Crippen molar-refractivity contribution in [1.82, 2.24) is 9.66 Å². The number of nitrogens with one attached hydrogen (secondary N) is 2. The van der Waals surface area contributed by atoms with Gasteiger partial charge >= 0.3 is 33.5 Å². The number of hydrazine groups is 1. The van der Waals surface area contributed by atoms with Crippen LogP contribution >= 0.6 is 7.82 Å². The van der Waals surface area contributed by atoms with E-state index in [1.807, 2.05) is 0 Å². The van der Waals surface area contributed by atoms with E-state index in [-0.39, 0.29) is 0 Å². The third-order valence-electron chi connectivity index (χ3n) is 0.535. The van der Waals surface area contributed by atoms with Gasteiger partial charge in [-0.2, -0.15) is 16.8 Å². The summed E-state index contributed by atoms with van der Waals surface area (Å²) in [4.78, 5) is 33.1. The highest BCUT2D eigenvalue weighted by Crippen LogP contribution is 2.25. The van der Waals surface area contributed by atoms with Crippen molar-refractivity contribution >= 4 is 33.5 Å². The molecule has 0 heterocycles. The van der Waals surface area contributed by atoms with E-state index < -0.39 is 33.5 Å². The zero-order chi connectivity index (χ0) is 14.5. The first-order valence-electron chi connectivity index (χ1n) is 2.92. The Bertz CT molecular complexity index is 487. The van der Waals surface area contributed by atoms with E-state index in [2.05, 4.69) is 0 Å². The van der Waals surface area contributed by atoms with Crippen LogP contribution in [0.1, 0.15) is 0 Å². The molecule has 0 aliphatic rings. The van der Waals surface area contributed by atoms with E-state index in [4.69, 9.17) is 28.9 Å². The van der Waals surface area contributed by atoms with Crippen molar-refractivity contribution in [1.29, 1.82) is 0 Å². The fourth-order valence-electron chi connectivity index (χ4n) is 0.151. The Hall–Kier alpha value is -0.640. The topological polar surface area (TPSA) is 228 Å². The van der Waals surface area contributed by atoms with Crippen LogP contribution < -0.4 is 9.66 Å². The van der Waals surface area contributed by atoms with Crippen molar-refractivity contribution < 1.29 is 50.5 Å². The van der Waals surface area contributed by atoms with Gasteiger partial charge in [-0.15, -0.1) is 9.66 Å². The van der Waals surface area contributed by atoms with Gasteiger partial charge < -0.3 is 19.8 Å². The van der Waals surface area contributed by atoms with Crippen LogP contribution in [-0.4, -0.2) is 46.5 Å². The first kappa shape index (κ1) is 18.7. The Kier molecular flexibility index (Phi) is 6.98. The summed E-state index contributed by atoms with van der Waals surface area (Å²) < 4.78 is 56.9. The predicted octanol–water partition coefficient (Wildman–Crippen LogP) is -3.04. The molecular formula is CH7N2O11PS2. The average Bonchev–Trinajstić information content (AvgIpc) is 1.96. The molecule has 0 radical (unpaired) electrons. The molecule has 13 nitrogen and oxygen atoms in total. The van der Waals surface area contributed by atoms with Crippen LogP contribution in [-0.2, 0) is 24.9 Å². The van der Waals surface area contributed by atoms with Crippen LogP contribution in [0.4, 0.5) is 4.79 Å². The molecule has 0 unspecified atom stereocenters. The molecule has 0 aliphatic heterocycles. The Balaban J connectivity index is 0. The maximum absolute atomic E-state index is 10.2. The summed E-state index contributed by atoms with van der Waals surface area (Å²) in [6.07, 6.45) is 0. The minimum absolute atomic E-state index is 0.852. The van der Waals surface area contributed by atoms with Crippen LogP contribution in [0.15, 0.2) is 0 Å². The summed E-state index contributed by atoms with van der Waals surface area (Å²) in [6.45, 7) is 0. The summed E-state index contributed by atoms with van der Waals surface area (Å²) >= 11 is 0. The van der Waals surface area contributed by atoms with Gasteiger partial charge in [0.25, 0.3) is 0 Å². The van der Waals surface area contributed by atoms with Crippen molar-refractivity contribution in [3.05, 3.63) is 0 Å². The van der Waals surface area contributed by atoms with E-state index in [0.29, 0.717) is 0 Å². The third kappa shape index (κ3) is 17.9. The smallest absolute Gasteiger partial charge is 0.466 e. The molecule has 0 aromatic carbocycles. The largest absolute Gasteiger partial charge is 0.469 e. The highest BCUT2D eigenvalue weighted by Gasteiger charge is 2.21. The Labute approximate surface area is 94.2 Å². The second-order valence-electron chi connectivity index (χ2n) is 1.96. The van der Waals surface area contributed by atoms with Crippen LogP contribution in [0.3, 0.4) is 0 Å². The Morgan fingerprint density at radius 2 is 1.29 bits per heavy atom. The fraction of sp³-hybridized carbons (Fsp3) is 0. The lowest BCUT2D eigenvalue weighted by Crippen LogP contribution is -2.43. The number of hydrogen-bond donors (Lipinski definition) is 7. The van der Waals surface area contributed by atoms with Crippen molar-refractivity contribution in [3.8, 4) is 0 Å². The monoisotopic (exact) mass is 318 g/mol. The lowest BCUT2D eigenvalue weighted by Gasteiger charge is -1.99. The molecule has 0 aliphatic carbocycles. The van der Waals surface area contributed by atoms with E-state index in [1.54, 1.807) is 0 Å². The second-order valence-corrected chi connectivity index (χ2v) is 5.70. The Morgan fingerprint density at radius 3 is 1.47 bits per heavy atom. The quantitative estimate of drug-likeness (QED) is 0.157.